The van der Waals surface area contributed by atoms with Gasteiger partial charge in [0.15, 0.2) is 0 Å². The van der Waals surface area contributed by atoms with Crippen LogP contribution in [0.15, 0.2) is 60.9 Å². The Morgan fingerprint density at radius 2 is 1.78 bits per heavy atom. The third-order valence-corrected chi connectivity index (χ3v) is 5.49. The molecule has 0 amide bonds. The van der Waals surface area contributed by atoms with Crippen LogP contribution in [0.1, 0.15) is 35.6 Å². The van der Waals surface area contributed by atoms with Crippen LogP contribution in [0.5, 0.6) is 0 Å². The molecule has 0 unspecified atom stereocenters. The van der Waals surface area contributed by atoms with Crippen molar-refractivity contribution in [2.45, 2.75) is 32.2 Å². The minimum absolute atomic E-state index is 0.501. The van der Waals surface area contributed by atoms with E-state index in [-0.39, 0.29) is 0 Å². The first-order valence-electron chi connectivity index (χ1n) is 9.64. The molecule has 3 heterocycles. The van der Waals surface area contributed by atoms with Gasteiger partial charge in [-0.3, -0.25) is 9.88 Å². The third kappa shape index (κ3) is 4.17. The lowest BCUT2D eigenvalue weighted by atomic mass is 9.93. The predicted molar refractivity (Wildman–Crippen MR) is 110 cm³/mol. The van der Waals surface area contributed by atoms with Gasteiger partial charge in [0.05, 0.1) is 0 Å². The fraction of sp³-hybridized carbons (Fsp3) is 0.304. The van der Waals surface area contributed by atoms with Crippen molar-refractivity contribution in [1.29, 1.82) is 0 Å². The Hall–Kier alpha value is -2.72. The fourth-order valence-electron chi connectivity index (χ4n) is 3.86. The van der Waals surface area contributed by atoms with E-state index in [2.05, 4.69) is 53.2 Å². The SMILES string of the molecule is Cc1ccccc1CN1CCC[C@@H](c2ccc(-c3ccc(N)nc3)cn2)C1. The Kier molecular flexibility index (Phi) is 5.16. The van der Waals surface area contributed by atoms with Crippen molar-refractivity contribution in [3.63, 3.8) is 0 Å². The van der Waals surface area contributed by atoms with E-state index in [9.17, 15) is 0 Å². The number of aryl methyl sites for hydroxylation is 1. The normalized spacial score (nSPS) is 17.7. The molecule has 1 atom stereocenters. The van der Waals surface area contributed by atoms with Gasteiger partial charge in [0, 0.05) is 48.2 Å². The van der Waals surface area contributed by atoms with Gasteiger partial charge >= 0.3 is 0 Å². The van der Waals surface area contributed by atoms with Gasteiger partial charge in [-0.15, -0.1) is 0 Å². The van der Waals surface area contributed by atoms with Crippen LogP contribution < -0.4 is 5.73 Å². The zero-order valence-corrected chi connectivity index (χ0v) is 15.8. The first kappa shape index (κ1) is 17.7. The smallest absolute Gasteiger partial charge is 0.123 e. The maximum absolute atomic E-state index is 5.67. The van der Waals surface area contributed by atoms with Gasteiger partial charge in [-0.05, 0) is 55.6 Å². The molecule has 1 saturated heterocycles. The number of pyridine rings is 2. The van der Waals surface area contributed by atoms with Crippen LogP contribution in [0.4, 0.5) is 5.82 Å². The van der Waals surface area contributed by atoms with Crippen LogP contribution in [-0.4, -0.2) is 28.0 Å². The molecule has 0 bridgehead atoms. The summed E-state index contributed by atoms with van der Waals surface area (Å²) in [5, 5.41) is 0. The van der Waals surface area contributed by atoms with E-state index < -0.39 is 0 Å². The van der Waals surface area contributed by atoms with Crippen LogP contribution in [0.2, 0.25) is 0 Å². The average Bonchev–Trinajstić information content (AvgIpc) is 2.71. The third-order valence-electron chi connectivity index (χ3n) is 5.49. The highest BCUT2D eigenvalue weighted by Gasteiger charge is 2.22. The van der Waals surface area contributed by atoms with Crippen molar-refractivity contribution in [3.8, 4) is 11.1 Å². The van der Waals surface area contributed by atoms with Crippen molar-refractivity contribution in [2.24, 2.45) is 0 Å². The molecular formula is C23H26N4. The molecule has 0 spiro atoms. The van der Waals surface area contributed by atoms with Gasteiger partial charge in [0.2, 0.25) is 0 Å². The topological polar surface area (TPSA) is 55.0 Å². The van der Waals surface area contributed by atoms with E-state index in [0.29, 0.717) is 11.7 Å². The molecule has 4 heteroatoms. The van der Waals surface area contributed by atoms with Crippen molar-refractivity contribution in [1.82, 2.24) is 14.9 Å². The summed E-state index contributed by atoms with van der Waals surface area (Å²) in [7, 11) is 0. The van der Waals surface area contributed by atoms with Crippen LogP contribution in [0, 0.1) is 6.92 Å². The van der Waals surface area contributed by atoms with Gasteiger partial charge in [0.25, 0.3) is 0 Å². The molecule has 4 nitrogen and oxygen atoms in total. The lowest BCUT2D eigenvalue weighted by Gasteiger charge is -2.32. The highest BCUT2D eigenvalue weighted by atomic mass is 15.1. The summed E-state index contributed by atoms with van der Waals surface area (Å²) in [5.41, 5.74) is 11.8. The molecule has 2 aromatic heterocycles. The monoisotopic (exact) mass is 358 g/mol. The van der Waals surface area contributed by atoms with Crippen molar-refractivity contribution >= 4 is 5.82 Å². The number of aromatic nitrogens is 2. The number of rotatable bonds is 4. The number of anilines is 1. The molecule has 0 radical (unpaired) electrons. The molecule has 2 N–H and O–H groups in total. The number of hydrogen-bond donors (Lipinski definition) is 1. The number of benzene rings is 1. The van der Waals surface area contributed by atoms with Crippen LogP contribution in [0.3, 0.4) is 0 Å². The molecule has 27 heavy (non-hydrogen) atoms. The summed E-state index contributed by atoms with van der Waals surface area (Å²) >= 11 is 0. The van der Waals surface area contributed by atoms with E-state index in [1.807, 2.05) is 18.3 Å². The molecule has 1 aliphatic rings. The summed E-state index contributed by atoms with van der Waals surface area (Å²) in [4.78, 5) is 11.5. The van der Waals surface area contributed by atoms with Gasteiger partial charge in [-0.25, -0.2) is 4.98 Å². The van der Waals surface area contributed by atoms with E-state index in [4.69, 9.17) is 10.7 Å². The maximum atomic E-state index is 5.67. The fourth-order valence-corrected chi connectivity index (χ4v) is 3.86. The molecule has 3 aromatic rings. The number of nitrogen functional groups attached to an aromatic ring is 1. The maximum Gasteiger partial charge on any atom is 0.123 e. The number of piperidine rings is 1. The Balaban J connectivity index is 1.45. The summed E-state index contributed by atoms with van der Waals surface area (Å²) in [6.07, 6.45) is 6.20. The molecule has 0 aliphatic carbocycles. The highest BCUT2D eigenvalue weighted by molar-refractivity contribution is 5.62. The number of nitrogens with zero attached hydrogens (tertiary/aromatic N) is 3. The summed E-state index contributed by atoms with van der Waals surface area (Å²) in [6.45, 7) is 5.46. The quantitative estimate of drug-likeness (QED) is 0.750. The van der Waals surface area contributed by atoms with Crippen molar-refractivity contribution in [3.05, 3.63) is 77.7 Å². The molecule has 138 valence electrons. The van der Waals surface area contributed by atoms with E-state index in [0.717, 1.165) is 24.2 Å². The molecule has 1 fully saturated rings. The molecule has 0 saturated carbocycles. The van der Waals surface area contributed by atoms with Gasteiger partial charge in [-0.1, -0.05) is 30.3 Å². The molecule has 4 rings (SSSR count). The first-order valence-corrected chi connectivity index (χ1v) is 9.64. The van der Waals surface area contributed by atoms with Crippen LogP contribution in [0.25, 0.3) is 11.1 Å². The second-order valence-electron chi connectivity index (χ2n) is 7.44. The van der Waals surface area contributed by atoms with E-state index >= 15 is 0 Å². The van der Waals surface area contributed by atoms with Crippen molar-refractivity contribution in [2.75, 3.05) is 18.8 Å². The van der Waals surface area contributed by atoms with Crippen molar-refractivity contribution < 1.29 is 0 Å². The Morgan fingerprint density at radius 1 is 1.00 bits per heavy atom. The summed E-state index contributed by atoms with van der Waals surface area (Å²) in [5.74, 6) is 1.04. The zero-order chi connectivity index (χ0) is 18.6. The largest absolute Gasteiger partial charge is 0.384 e. The summed E-state index contributed by atoms with van der Waals surface area (Å²) < 4.78 is 0. The van der Waals surface area contributed by atoms with Crippen LogP contribution in [-0.2, 0) is 6.54 Å². The minimum Gasteiger partial charge on any atom is -0.384 e. The van der Waals surface area contributed by atoms with E-state index in [1.54, 1.807) is 6.20 Å². The zero-order valence-electron chi connectivity index (χ0n) is 15.8. The molecule has 1 aromatic carbocycles. The Labute approximate surface area is 161 Å². The Bertz CT molecular complexity index is 887. The second-order valence-corrected chi connectivity index (χ2v) is 7.44. The number of likely N-dealkylation sites (tertiary alicyclic amines) is 1. The first-order chi connectivity index (χ1) is 13.2. The minimum atomic E-state index is 0.501. The van der Waals surface area contributed by atoms with Gasteiger partial charge < -0.3 is 5.73 Å². The second kappa shape index (κ2) is 7.89. The molecule has 1 aliphatic heterocycles. The highest BCUT2D eigenvalue weighted by Crippen LogP contribution is 2.28. The lowest BCUT2D eigenvalue weighted by Crippen LogP contribution is -2.34. The Morgan fingerprint density at radius 3 is 2.48 bits per heavy atom. The summed E-state index contributed by atoms with van der Waals surface area (Å²) in [6, 6.07) is 16.8. The van der Waals surface area contributed by atoms with Gasteiger partial charge in [-0.2, -0.15) is 0 Å². The van der Waals surface area contributed by atoms with Gasteiger partial charge in [0.1, 0.15) is 5.82 Å². The average molecular weight is 358 g/mol. The predicted octanol–water partition coefficient (Wildman–Crippen LogP) is 4.41. The standard InChI is InChI=1S/C23H26N4/c1-17-5-2-3-6-20(17)15-27-12-4-7-21(16-27)22-10-8-18(13-25-22)19-9-11-23(24)26-14-19/h2-3,5-6,8-11,13-14,21H,4,7,12,15-16H2,1H3,(H2,24,26)/t21-/m1/s1. The number of nitrogens with two attached hydrogens (primary N) is 1. The number of hydrogen-bond acceptors (Lipinski definition) is 4. The molecular weight excluding hydrogens is 332 g/mol. The lowest BCUT2D eigenvalue weighted by molar-refractivity contribution is 0.198. The van der Waals surface area contributed by atoms with E-state index in [1.165, 1.54) is 36.2 Å². The van der Waals surface area contributed by atoms with Crippen LogP contribution >= 0.6 is 0 Å².